The molecule has 0 bridgehead atoms. The normalized spacial score (nSPS) is 21.0. The minimum atomic E-state index is 0.561. The molecular weight excluding hydrogens is 252 g/mol. The molecule has 1 aliphatic heterocycles. The predicted molar refractivity (Wildman–Crippen MR) is 89.0 cm³/mol. The fourth-order valence-electron chi connectivity index (χ4n) is 2.65. The molecule has 0 fully saturated rings. The molecule has 0 aromatic carbocycles. The van der Waals surface area contributed by atoms with Crippen LogP contribution in [-0.4, -0.2) is 23.0 Å². The van der Waals surface area contributed by atoms with Crippen LogP contribution >= 0.6 is 11.8 Å². The predicted octanol–water partition coefficient (Wildman–Crippen LogP) is 4.70. The lowest BCUT2D eigenvalue weighted by Gasteiger charge is -2.20. The first-order valence-corrected chi connectivity index (χ1v) is 8.92. The van der Waals surface area contributed by atoms with E-state index >= 15 is 0 Å². The molecule has 0 saturated carbocycles. The molecule has 1 aliphatic rings. The number of nitrogens with one attached hydrogen (secondary N) is 1. The van der Waals surface area contributed by atoms with Gasteiger partial charge < -0.3 is 5.32 Å². The summed E-state index contributed by atoms with van der Waals surface area (Å²) in [6.45, 7) is 12.5. The Hall–Kier alpha value is -0.180. The van der Waals surface area contributed by atoms with Gasteiger partial charge in [-0.1, -0.05) is 65.1 Å². The second kappa shape index (κ2) is 8.89. The third-order valence-corrected chi connectivity index (χ3v) is 5.35. The van der Waals surface area contributed by atoms with Crippen LogP contribution in [-0.2, 0) is 0 Å². The van der Waals surface area contributed by atoms with Crippen molar-refractivity contribution in [1.29, 1.82) is 0 Å². The second-order valence-electron chi connectivity index (χ2n) is 6.25. The van der Waals surface area contributed by atoms with Gasteiger partial charge in [0, 0.05) is 11.3 Å². The molecule has 1 heterocycles. The summed E-state index contributed by atoms with van der Waals surface area (Å²) < 4.78 is 0. The van der Waals surface area contributed by atoms with E-state index in [1.807, 2.05) is 11.8 Å². The van der Waals surface area contributed by atoms with Crippen LogP contribution in [0.25, 0.3) is 0 Å². The molecular formula is C16H32N2S. The van der Waals surface area contributed by atoms with Gasteiger partial charge in [0.2, 0.25) is 0 Å². The molecule has 0 spiro atoms. The van der Waals surface area contributed by atoms with Crippen molar-refractivity contribution in [2.45, 2.75) is 78.0 Å². The maximum atomic E-state index is 4.69. The number of thioether (sulfide) groups is 1. The van der Waals surface area contributed by atoms with Gasteiger partial charge in [-0.15, -0.1) is 0 Å². The number of rotatable bonds is 8. The molecule has 112 valence electrons. The Bertz CT molecular complexity index is 272. The number of hydrogen-bond donors (Lipinski definition) is 1. The third-order valence-electron chi connectivity index (χ3n) is 4.04. The molecule has 0 aliphatic carbocycles. The van der Waals surface area contributed by atoms with Crippen molar-refractivity contribution in [2.75, 3.05) is 6.54 Å². The van der Waals surface area contributed by atoms with E-state index in [1.54, 1.807) is 0 Å². The number of aliphatic imine (C=N–C) groups is 1. The summed E-state index contributed by atoms with van der Waals surface area (Å²) in [5.74, 6) is 1.65. The van der Waals surface area contributed by atoms with Gasteiger partial charge in [0.05, 0.1) is 6.54 Å². The quantitative estimate of drug-likeness (QED) is 0.699. The lowest BCUT2D eigenvalue weighted by molar-refractivity contribution is 0.479. The summed E-state index contributed by atoms with van der Waals surface area (Å²) in [5.41, 5.74) is 0. The lowest BCUT2D eigenvalue weighted by atomic mass is 9.99. The number of nitrogens with zero attached hydrogens (tertiary/aromatic N) is 1. The lowest BCUT2D eigenvalue weighted by Crippen LogP contribution is -2.30. The smallest absolute Gasteiger partial charge is 0.157 e. The SMILES string of the molecule is CCC(CC)C1CN=C(NC(C)CCCC(C)C)S1. The topological polar surface area (TPSA) is 24.4 Å². The monoisotopic (exact) mass is 284 g/mol. The van der Waals surface area contributed by atoms with Gasteiger partial charge in [-0.3, -0.25) is 4.99 Å². The molecule has 0 radical (unpaired) electrons. The van der Waals surface area contributed by atoms with Crippen LogP contribution in [0.3, 0.4) is 0 Å². The molecule has 2 nitrogen and oxygen atoms in total. The van der Waals surface area contributed by atoms with E-state index in [2.05, 4.69) is 44.9 Å². The van der Waals surface area contributed by atoms with Gasteiger partial charge in [0.25, 0.3) is 0 Å². The zero-order valence-electron chi connectivity index (χ0n) is 13.4. The van der Waals surface area contributed by atoms with Crippen molar-refractivity contribution < 1.29 is 0 Å². The molecule has 3 heteroatoms. The van der Waals surface area contributed by atoms with Gasteiger partial charge in [-0.05, 0) is 25.2 Å². The largest absolute Gasteiger partial charge is 0.362 e. The van der Waals surface area contributed by atoms with E-state index in [1.165, 1.54) is 37.3 Å². The molecule has 1 rings (SSSR count). The highest BCUT2D eigenvalue weighted by atomic mass is 32.2. The zero-order chi connectivity index (χ0) is 14.3. The van der Waals surface area contributed by atoms with Crippen LogP contribution in [0.15, 0.2) is 4.99 Å². The minimum absolute atomic E-state index is 0.561. The zero-order valence-corrected chi connectivity index (χ0v) is 14.2. The average molecular weight is 285 g/mol. The Morgan fingerprint density at radius 2 is 1.89 bits per heavy atom. The minimum Gasteiger partial charge on any atom is -0.362 e. The van der Waals surface area contributed by atoms with E-state index in [9.17, 15) is 0 Å². The molecule has 0 saturated heterocycles. The maximum Gasteiger partial charge on any atom is 0.157 e. The van der Waals surface area contributed by atoms with E-state index in [4.69, 9.17) is 0 Å². The van der Waals surface area contributed by atoms with Crippen LogP contribution in [0.4, 0.5) is 0 Å². The summed E-state index contributed by atoms with van der Waals surface area (Å²) in [6.07, 6.45) is 6.47. The van der Waals surface area contributed by atoms with Crippen molar-refractivity contribution in [3.05, 3.63) is 0 Å². The second-order valence-corrected chi connectivity index (χ2v) is 7.48. The number of hydrogen-bond acceptors (Lipinski definition) is 3. The molecule has 1 N–H and O–H groups in total. The van der Waals surface area contributed by atoms with Crippen LogP contribution in [0.2, 0.25) is 0 Å². The third kappa shape index (κ3) is 6.20. The highest BCUT2D eigenvalue weighted by Crippen LogP contribution is 2.30. The molecule has 0 aromatic rings. The Kier molecular flexibility index (Phi) is 7.89. The van der Waals surface area contributed by atoms with Crippen molar-refractivity contribution in [2.24, 2.45) is 16.8 Å². The first-order chi connectivity index (χ1) is 9.06. The summed E-state index contributed by atoms with van der Waals surface area (Å²) in [7, 11) is 0. The van der Waals surface area contributed by atoms with Crippen molar-refractivity contribution in [3.63, 3.8) is 0 Å². The Morgan fingerprint density at radius 1 is 1.21 bits per heavy atom. The molecule has 0 amide bonds. The summed E-state index contributed by atoms with van der Waals surface area (Å²) in [4.78, 5) is 4.69. The van der Waals surface area contributed by atoms with Gasteiger partial charge in [-0.25, -0.2) is 0 Å². The standard InChI is InChI=1S/C16H32N2S/c1-6-14(7-2)15-11-17-16(19-15)18-13(5)10-8-9-12(3)4/h12-15H,6-11H2,1-5H3,(H,17,18). The Balaban J connectivity index is 2.23. The van der Waals surface area contributed by atoms with Gasteiger partial charge in [-0.2, -0.15) is 0 Å². The first-order valence-electron chi connectivity index (χ1n) is 8.04. The Morgan fingerprint density at radius 3 is 2.47 bits per heavy atom. The van der Waals surface area contributed by atoms with Crippen molar-refractivity contribution in [3.8, 4) is 0 Å². The van der Waals surface area contributed by atoms with Gasteiger partial charge in [0.15, 0.2) is 5.17 Å². The molecule has 2 unspecified atom stereocenters. The summed E-state index contributed by atoms with van der Waals surface area (Å²) >= 11 is 1.97. The van der Waals surface area contributed by atoms with E-state index in [-0.39, 0.29) is 0 Å². The van der Waals surface area contributed by atoms with E-state index in [0.717, 1.165) is 18.4 Å². The van der Waals surface area contributed by atoms with E-state index in [0.29, 0.717) is 11.3 Å². The Labute approximate surface area is 124 Å². The van der Waals surface area contributed by atoms with Gasteiger partial charge in [0.1, 0.15) is 0 Å². The molecule has 0 aromatic heterocycles. The average Bonchev–Trinajstić information content (AvgIpc) is 2.78. The summed E-state index contributed by atoms with van der Waals surface area (Å²) in [6, 6.07) is 0.561. The number of amidine groups is 1. The van der Waals surface area contributed by atoms with Crippen LogP contribution in [0.5, 0.6) is 0 Å². The summed E-state index contributed by atoms with van der Waals surface area (Å²) in [5, 5.41) is 5.50. The fourth-order valence-corrected chi connectivity index (χ4v) is 4.08. The maximum absolute atomic E-state index is 4.69. The van der Waals surface area contributed by atoms with Crippen molar-refractivity contribution in [1.82, 2.24) is 5.32 Å². The van der Waals surface area contributed by atoms with Crippen LogP contribution < -0.4 is 5.32 Å². The highest BCUT2D eigenvalue weighted by Gasteiger charge is 2.26. The van der Waals surface area contributed by atoms with Gasteiger partial charge >= 0.3 is 0 Å². The van der Waals surface area contributed by atoms with Crippen LogP contribution in [0, 0.1) is 11.8 Å². The van der Waals surface area contributed by atoms with Crippen molar-refractivity contribution >= 4 is 16.9 Å². The fraction of sp³-hybridized carbons (Fsp3) is 0.938. The molecule has 19 heavy (non-hydrogen) atoms. The first kappa shape index (κ1) is 16.9. The van der Waals surface area contributed by atoms with E-state index < -0.39 is 0 Å². The highest BCUT2D eigenvalue weighted by molar-refractivity contribution is 8.14. The molecule has 2 atom stereocenters. The van der Waals surface area contributed by atoms with Crippen LogP contribution in [0.1, 0.15) is 66.7 Å².